The van der Waals surface area contributed by atoms with Gasteiger partial charge < -0.3 is 10.2 Å². The standard InChI is InChI=1S/C21H21ClN4OS/c22-17-6-8-18(9-7-17)24-21(27)26-12-10-25(11-13-26)14-19-15-28-20(23-19)16-4-2-1-3-5-16/h1-9,15H,10-14H2,(H,24,27). The zero-order valence-electron chi connectivity index (χ0n) is 15.3. The van der Waals surface area contributed by atoms with Gasteiger partial charge in [0, 0.05) is 54.4 Å². The molecular formula is C21H21ClN4OS. The number of halogens is 1. The molecule has 0 aliphatic carbocycles. The van der Waals surface area contributed by atoms with Crippen molar-refractivity contribution in [3.05, 3.63) is 70.7 Å². The second kappa shape index (κ2) is 8.73. The van der Waals surface area contributed by atoms with Gasteiger partial charge in [0.15, 0.2) is 0 Å². The summed E-state index contributed by atoms with van der Waals surface area (Å²) in [5.74, 6) is 0. The molecule has 0 bridgehead atoms. The number of rotatable bonds is 4. The summed E-state index contributed by atoms with van der Waals surface area (Å²) in [5.41, 5.74) is 3.00. The van der Waals surface area contributed by atoms with Crippen LogP contribution in [-0.4, -0.2) is 47.0 Å². The highest BCUT2D eigenvalue weighted by atomic mass is 35.5. The van der Waals surface area contributed by atoms with E-state index in [9.17, 15) is 4.79 Å². The van der Waals surface area contributed by atoms with Crippen LogP contribution in [0.5, 0.6) is 0 Å². The minimum Gasteiger partial charge on any atom is -0.322 e. The maximum atomic E-state index is 12.4. The lowest BCUT2D eigenvalue weighted by molar-refractivity contribution is 0.142. The topological polar surface area (TPSA) is 48.5 Å². The van der Waals surface area contributed by atoms with Crippen LogP contribution in [0.1, 0.15) is 5.69 Å². The molecule has 2 heterocycles. The van der Waals surface area contributed by atoms with Gasteiger partial charge in [-0.25, -0.2) is 9.78 Å². The van der Waals surface area contributed by atoms with E-state index in [2.05, 4.69) is 27.7 Å². The third-order valence-electron chi connectivity index (χ3n) is 4.71. The lowest BCUT2D eigenvalue weighted by Crippen LogP contribution is -2.49. The molecule has 1 aromatic heterocycles. The summed E-state index contributed by atoms with van der Waals surface area (Å²) in [6.45, 7) is 3.90. The third-order valence-corrected chi connectivity index (χ3v) is 5.91. The molecule has 1 aliphatic heterocycles. The Morgan fingerprint density at radius 3 is 2.46 bits per heavy atom. The summed E-state index contributed by atoms with van der Waals surface area (Å²) >= 11 is 7.56. The first kappa shape index (κ1) is 18.9. The van der Waals surface area contributed by atoms with E-state index in [1.165, 1.54) is 0 Å². The maximum absolute atomic E-state index is 12.4. The van der Waals surface area contributed by atoms with Crippen LogP contribution in [0.3, 0.4) is 0 Å². The molecule has 0 unspecified atom stereocenters. The van der Waals surface area contributed by atoms with Crippen molar-refractivity contribution in [1.29, 1.82) is 0 Å². The van der Waals surface area contributed by atoms with Crippen molar-refractivity contribution in [2.75, 3.05) is 31.5 Å². The number of carbonyl (C=O) groups is 1. The number of aromatic nitrogens is 1. The van der Waals surface area contributed by atoms with Gasteiger partial charge in [-0.05, 0) is 24.3 Å². The van der Waals surface area contributed by atoms with E-state index >= 15 is 0 Å². The third kappa shape index (κ3) is 4.70. The molecule has 0 spiro atoms. The number of benzene rings is 2. The van der Waals surface area contributed by atoms with E-state index in [4.69, 9.17) is 16.6 Å². The zero-order chi connectivity index (χ0) is 19.3. The SMILES string of the molecule is O=C(Nc1ccc(Cl)cc1)N1CCN(Cc2csc(-c3ccccc3)n2)CC1. The Morgan fingerprint density at radius 1 is 1.04 bits per heavy atom. The van der Waals surface area contributed by atoms with Crippen molar-refractivity contribution in [3.8, 4) is 10.6 Å². The van der Waals surface area contributed by atoms with Crippen LogP contribution in [-0.2, 0) is 6.54 Å². The summed E-state index contributed by atoms with van der Waals surface area (Å²) in [5, 5.41) is 6.76. The Balaban J connectivity index is 1.28. The largest absolute Gasteiger partial charge is 0.322 e. The molecule has 1 N–H and O–H groups in total. The van der Waals surface area contributed by atoms with E-state index in [-0.39, 0.29) is 6.03 Å². The van der Waals surface area contributed by atoms with Gasteiger partial charge in [0.1, 0.15) is 5.01 Å². The average Bonchev–Trinajstić information content (AvgIpc) is 3.19. The number of amides is 2. The number of piperazine rings is 1. The highest BCUT2D eigenvalue weighted by Gasteiger charge is 2.21. The van der Waals surface area contributed by atoms with Crippen LogP contribution in [0.2, 0.25) is 5.02 Å². The molecule has 1 aliphatic rings. The van der Waals surface area contributed by atoms with Crippen molar-refractivity contribution in [3.63, 3.8) is 0 Å². The first-order chi connectivity index (χ1) is 13.7. The summed E-state index contributed by atoms with van der Waals surface area (Å²) in [6.07, 6.45) is 0. The molecule has 5 nitrogen and oxygen atoms in total. The molecule has 4 rings (SSSR count). The molecule has 0 radical (unpaired) electrons. The van der Waals surface area contributed by atoms with Gasteiger partial charge in [-0.15, -0.1) is 11.3 Å². The number of carbonyl (C=O) groups excluding carboxylic acids is 1. The quantitative estimate of drug-likeness (QED) is 0.668. The Morgan fingerprint density at radius 2 is 1.75 bits per heavy atom. The summed E-state index contributed by atoms with van der Waals surface area (Å²) in [7, 11) is 0. The van der Waals surface area contributed by atoms with Crippen molar-refractivity contribution in [1.82, 2.24) is 14.8 Å². The number of thiazole rings is 1. The fraction of sp³-hybridized carbons (Fsp3) is 0.238. The normalized spacial score (nSPS) is 14.8. The van der Waals surface area contributed by atoms with Gasteiger partial charge >= 0.3 is 6.03 Å². The van der Waals surface area contributed by atoms with Crippen LogP contribution in [0.25, 0.3) is 10.6 Å². The van der Waals surface area contributed by atoms with Gasteiger partial charge in [0.2, 0.25) is 0 Å². The van der Waals surface area contributed by atoms with Crippen LogP contribution in [0.4, 0.5) is 10.5 Å². The predicted octanol–water partition coefficient (Wildman–Crippen LogP) is 4.81. The van der Waals surface area contributed by atoms with E-state index < -0.39 is 0 Å². The number of hydrogen-bond donors (Lipinski definition) is 1. The molecular weight excluding hydrogens is 392 g/mol. The van der Waals surface area contributed by atoms with Gasteiger partial charge in [0.05, 0.1) is 5.69 Å². The molecule has 28 heavy (non-hydrogen) atoms. The predicted molar refractivity (Wildman–Crippen MR) is 115 cm³/mol. The number of urea groups is 1. The van der Waals surface area contributed by atoms with Crippen LogP contribution >= 0.6 is 22.9 Å². The lowest BCUT2D eigenvalue weighted by Gasteiger charge is -2.34. The van der Waals surface area contributed by atoms with E-state index in [1.807, 2.05) is 35.2 Å². The second-order valence-corrected chi connectivity index (χ2v) is 8.00. The summed E-state index contributed by atoms with van der Waals surface area (Å²) < 4.78 is 0. The van der Waals surface area contributed by atoms with Gasteiger partial charge in [0.25, 0.3) is 0 Å². The zero-order valence-corrected chi connectivity index (χ0v) is 16.9. The number of nitrogens with one attached hydrogen (secondary N) is 1. The Kier molecular flexibility index (Phi) is 5.90. The van der Waals surface area contributed by atoms with Crippen LogP contribution in [0.15, 0.2) is 60.0 Å². The number of hydrogen-bond acceptors (Lipinski definition) is 4. The minimum absolute atomic E-state index is 0.0676. The Labute approximate surface area is 173 Å². The van der Waals surface area contributed by atoms with Crippen molar-refractivity contribution in [2.24, 2.45) is 0 Å². The molecule has 3 aromatic rings. The average molecular weight is 413 g/mol. The van der Waals surface area contributed by atoms with Crippen LogP contribution in [0, 0.1) is 0 Å². The Hall–Kier alpha value is -2.41. The molecule has 144 valence electrons. The first-order valence-corrected chi connectivity index (χ1v) is 10.5. The summed E-state index contributed by atoms with van der Waals surface area (Å²) in [6, 6.07) is 17.3. The van der Waals surface area contributed by atoms with Crippen molar-refractivity contribution in [2.45, 2.75) is 6.54 Å². The fourth-order valence-electron chi connectivity index (χ4n) is 3.17. The van der Waals surface area contributed by atoms with Gasteiger partial charge in [-0.1, -0.05) is 41.9 Å². The fourth-order valence-corrected chi connectivity index (χ4v) is 4.11. The molecule has 0 atom stereocenters. The lowest BCUT2D eigenvalue weighted by atomic mass is 10.2. The second-order valence-electron chi connectivity index (χ2n) is 6.71. The molecule has 1 fully saturated rings. The number of anilines is 1. The number of nitrogens with zero attached hydrogens (tertiary/aromatic N) is 3. The molecule has 2 aromatic carbocycles. The molecule has 2 amide bonds. The van der Waals surface area contributed by atoms with Crippen molar-refractivity contribution >= 4 is 34.7 Å². The highest BCUT2D eigenvalue weighted by molar-refractivity contribution is 7.13. The highest BCUT2D eigenvalue weighted by Crippen LogP contribution is 2.24. The monoisotopic (exact) mass is 412 g/mol. The minimum atomic E-state index is -0.0676. The van der Waals surface area contributed by atoms with Crippen LogP contribution < -0.4 is 5.32 Å². The van der Waals surface area contributed by atoms with Gasteiger partial charge in [-0.2, -0.15) is 0 Å². The molecule has 0 saturated carbocycles. The van der Waals surface area contributed by atoms with E-state index in [1.54, 1.807) is 23.5 Å². The maximum Gasteiger partial charge on any atom is 0.321 e. The van der Waals surface area contributed by atoms with Crippen molar-refractivity contribution < 1.29 is 4.79 Å². The molecule has 7 heteroatoms. The Bertz CT molecular complexity index is 921. The molecule has 1 saturated heterocycles. The summed E-state index contributed by atoms with van der Waals surface area (Å²) in [4.78, 5) is 21.4. The smallest absolute Gasteiger partial charge is 0.321 e. The van der Waals surface area contributed by atoms with E-state index in [0.29, 0.717) is 18.1 Å². The van der Waals surface area contributed by atoms with E-state index in [0.717, 1.165) is 41.6 Å². The first-order valence-electron chi connectivity index (χ1n) is 9.21. The van der Waals surface area contributed by atoms with Gasteiger partial charge in [-0.3, -0.25) is 4.90 Å².